The molecule has 2 aliphatic heterocycles. The first kappa shape index (κ1) is 12.1. The molecule has 1 aromatic carbocycles. The van der Waals surface area contributed by atoms with Gasteiger partial charge in [-0.15, -0.1) is 0 Å². The molecule has 0 radical (unpaired) electrons. The first-order valence-corrected chi connectivity index (χ1v) is 6.76. The number of para-hydroxylation sites is 1. The van der Waals surface area contributed by atoms with Gasteiger partial charge in [-0.2, -0.15) is 0 Å². The standard InChI is InChI=1S/C17H20N2/c1-12(2)17-11-13(3)19(17)14(4)18-10-9-15-7-5-6-8-16(15)18/h5-8,17H,1,3-4,9-11H2,2H3. The minimum absolute atomic E-state index is 0.368. The topological polar surface area (TPSA) is 6.48 Å². The van der Waals surface area contributed by atoms with Crippen molar-refractivity contribution in [3.8, 4) is 0 Å². The van der Waals surface area contributed by atoms with Gasteiger partial charge in [0.1, 0.15) is 5.82 Å². The third-order valence-corrected chi connectivity index (χ3v) is 4.13. The molecule has 1 aromatic rings. The Kier molecular flexibility index (Phi) is 2.74. The van der Waals surface area contributed by atoms with Gasteiger partial charge in [0.25, 0.3) is 0 Å². The third kappa shape index (κ3) is 1.79. The molecule has 2 aliphatic rings. The van der Waals surface area contributed by atoms with Crippen molar-refractivity contribution in [3.05, 3.63) is 66.7 Å². The van der Waals surface area contributed by atoms with Gasteiger partial charge in [-0.3, -0.25) is 0 Å². The molecule has 1 fully saturated rings. The first-order valence-electron chi connectivity index (χ1n) is 6.76. The van der Waals surface area contributed by atoms with E-state index in [1.54, 1.807) is 0 Å². The smallest absolute Gasteiger partial charge is 0.106 e. The van der Waals surface area contributed by atoms with Crippen molar-refractivity contribution in [2.45, 2.75) is 25.8 Å². The monoisotopic (exact) mass is 252 g/mol. The molecule has 0 amide bonds. The average molecular weight is 252 g/mol. The van der Waals surface area contributed by atoms with E-state index in [2.05, 4.69) is 60.7 Å². The molecule has 0 saturated carbocycles. The molecule has 2 heteroatoms. The van der Waals surface area contributed by atoms with Crippen molar-refractivity contribution in [3.63, 3.8) is 0 Å². The van der Waals surface area contributed by atoms with Crippen LogP contribution < -0.4 is 4.90 Å². The van der Waals surface area contributed by atoms with Crippen LogP contribution in [0.25, 0.3) is 0 Å². The Morgan fingerprint density at radius 1 is 1.26 bits per heavy atom. The summed E-state index contributed by atoms with van der Waals surface area (Å²) >= 11 is 0. The average Bonchev–Trinajstić information content (AvgIpc) is 2.79. The highest BCUT2D eigenvalue weighted by molar-refractivity contribution is 5.62. The Labute approximate surface area is 115 Å². The molecule has 0 aliphatic carbocycles. The Morgan fingerprint density at radius 3 is 2.68 bits per heavy atom. The number of hydrogen-bond acceptors (Lipinski definition) is 2. The van der Waals surface area contributed by atoms with Crippen LogP contribution in [0.1, 0.15) is 18.9 Å². The summed E-state index contributed by atoms with van der Waals surface area (Å²) < 4.78 is 0. The summed E-state index contributed by atoms with van der Waals surface area (Å²) in [5, 5.41) is 0. The highest BCUT2D eigenvalue weighted by atomic mass is 15.4. The lowest BCUT2D eigenvalue weighted by molar-refractivity contribution is 0.237. The number of rotatable bonds is 3. The van der Waals surface area contributed by atoms with E-state index in [-0.39, 0.29) is 0 Å². The molecule has 0 bridgehead atoms. The second kappa shape index (κ2) is 4.30. The van der Waals surface area contributed by atoms with Gasteiger partial charge in [0.05, 0.1) is 6.04 Å². The van der Waals surface area contributed by atoms with Crippen LogP contribution in [0.3, 0.4) is 0 Å². The van der Waals surface area contributed by atoms with Crippen molar-refractivity contribution in [2.75, 3.05) is 11.4 Å². The lowest BCUT2D eigenvalue weighted by atomic mass is 9.93. The summed E-state index contributed by atoms with van der Waals surface area (Å²) in [7, 11) is 0. The van der Waals surface area contributed by atoms with Gasteiger partial charge < -0.3 is 9.80 Å². The molecule has 1 unspecified atom stereocenters. The highest BCUT2D eigenvalue weighted by Gasteiger charge is 2.36. The molecule has 2 nitrogen and oxygen atoms in total. The molecule has 0 aromatic heterocycles. The van der Waals surface area contributed by atoms with Crippen LogP contribution in [0.15, 0.2) is 61.1 Å². The minimum atomic E-state index is 0.368. The van der Waals surface area contributed by atoms with Crippen LogP contribution in [0.4, 0.5) is 5.69 Å². The van der Waals surface area contributed by atoms with Gasteiger partial charge >= 0.3 is 0 Å². The summed E-state index contributed by atoms with van der Waals surface area (Å²) in [5.41, 5.74) is 5.01. The fourth-order valence-corrected chi connectivity index (χ4v) is 3.01. The quantitative estimate of drug-likeness (QED) is 0.757. The lowest BCUT2D eigenvalue weighted by Gasteiger charge is -2.48. The fourth-order valence-electron chi connectivity index (χ4n) is 3.01. The van der Waals surface area contributed by atoms with Crippen molar-refractivity contribution in [1.82, 2.24) is 4.90 Å². The van der Waals surface area contributed by atoms with Gasteiger partial charge in [0.15, 0.2) is 0 Å². The van der Waals surface area contributed by atoms with Gasteiger partial charge in [0.2, 0.25) is 0 Å². The molecule has 2 heterocycles. The summed E-state index contributed by atoms with van der Waals surface area (Å²) in [5.74, 6) is 1.04. The number of hydrogen-bond donors (Lipinski definition) is 0. The van der Waals surface area contributed by atoms with Crippen LogP contribution in [0.2, 0.25) is 0 Å². The van der Waals surface area contributed by atoms with E-state index in [0.29, 0.717) is 6.04 Å². The van der Waals surface area contributed by atoms with E-state index in [1.807, 2.05) is 0 Å². The fraction of sp³-hybridized carbons (Fsp3) is 0.294. The number of likely N-dealkylation sites (tertiary alicyclic amines) is 1. The molecule has 98 valence electrons. The summed E-state index contributed by atoms with van der Waals surface area (Å²) in [6, 6.07) is 8.93. The van der Waals surface area contributed by atoms with E-state index in [1.165, 1.54) is 16.8 Å². The van der Waals surface area contributed by atoms with E-state index < -0.39 is 0 Å². The normalized spacial score (nSPS) is 21.1. The van der Waals surface area contributed by atoms with Crippen molar-refractivity contribution in [2.24, 2.45) is 0 Å². The molecule has 1 saturated heterocycles. The number of benzene rings is 1. The van der Waals surface area contributed by atoms with Crippen LogP contribution >= 0.6 is 0 Å². The Hall–Kier alpha value is -1.96. The predicted octanol–water partition coefficient (Wildman–Crippen LogP) is 3.68. The summed E-state index contributed by atoms with van der Waals surface area (Å²) in [4.78, 5) is 4.53. The Balaban J connectivity index is 1.86. The van der Waals surface area contributed by atoms with Gasteiger partial charge in [-0.05, 0) is 25.0 Å². The maximum absolute atomic E-state index is 4.29. The zero-order valence-corrected chi connectivity index (χ0v) is 11.5. The maximum atomic E-state index is 4.29. The lowest BCUT2D eigenvalue weighted by Crippen LogP contribution is -2.48. The Bertz CT molecular complexity index is 570. The SMILES string of the molecule is C=C(C)C1CC(=C)N1C(=C)N1CCc2ccccc21. The predicted molar refractivity (Wildman–Crippen MR) is 80.8 cm³/mol. The number of fused-ring (bicyclic) bond motifs is 1. The zero-order valence-electron chi connectivity index (χ0n) is 11.5. The van der Waals surface area contributed by atoms with Gasteiger partial charge in [-0.25, -0.2) is 0 Å². The number of nitrogens with zero attached hydrogens (tertiary/aromatic N) is 2. The van der Waals surface area contributed by atoms with Crippen LogP contribution in [-0.2, 0) is 6.42 Å². The molecule has 19 heavy (non-hydrogen) atoms. The van der Waals surface area contributed by atoms with Crippen LogP contribution in [-0.4, -0.2) is 17.5 Å². The second-order valence-corrected chi connectivity index (χ2v) is 5.45. The molecular weight excluding hydrogens is 232 g/mol. The first-order chi connectivity index (χ1) is 9.09. The third-order valence-electron chi connectivity index (χ3n) is 4.13. The van der Waals surface area contributed by atoms with Crippen molar-refractivity contribution < 1.29 is 0 Å². The molecule has 1 atom stereocenters. The molecular formula is C17H20N2. The zero-order chi connectivity index (χ0) is 13.6. The maximum Gasteiger partial charge on any atom is 0.106 e. The van der Waals surface area contributed by atoms with Gasteiger partial charge in [0, 0.05) is 24.4 Å². The van der Waals surface area contributed by atoms with E-state index in [0.717, 1.165) is 30.9 Å². The van der Waals surface area contributed by atoms with Crippen molar-refractivity contribution in [1.29, 1.82) is 0 Å². The summed E-state index contributed by atoms with van der Waals surface area (Å²) in [6.45, 7) is 15.6. The number of anilines is 1. The second-order valence-electron chi connectivity index (χ2n) is 5.45. The van der Waals surface area contributed by atoms with E-state index in [4.69, 9.17) is 0 Å². The summed E-state index contributed by atoms with van der Waals surface area (Å²) in [6.07, 6.45) is 2.09. The van der Waals surface area contributed by atoms with Gasteiger partial charge in [-0.1, -0.05) is 43.5 Å². The Morgan fingerprint density at radius 2 is 2.00 bits per heavy atom. The van der Waals surface area contributed by atoms with E-state index in [9.17, 15) is 0 Å². The van der Waals surface area contributed by atoms with Crippen LogP contribution in [0, 0.1) is 0 Å². The molecule has 0 spiro atoms. The highest BCUT2D eigenvalue weighted by Crippen LogP contribution is 2.40. The van der Waals surface area contributed by atoms with E-state index >= 15 is 0 Å². The van der Waals surface area contributed by atoms with Crippen molar-refractivity contribution >= 4 is 5.69 Å². The van der Waals surface area contributed by atoms with Crippen LogP contribution in [0.5, 0.6) is 0 Å². The molecule has 3 rings (SSSR count). The largest absolute Gasteiger partial charge is 0.328 e. The minimum Gasteiger partial charge on any atom is -0.328 e. The molecule has 0 N–H and O–H groups in total.